The first-order valence-corrected chi connectivity index (χ1v) is 10.1. The van der Waals surface area contributed by atoms with Crippen molar-refractivity contribution in [3.8, 4) is 17.2 Å². The van der Waals surface area contributed by atoms with Crippen LogP contribution in [0.3, 0.4) is 0 Å². The van der Waals surface area contributed by atoms with E-state index in [1.54, 1.807) is 43.3 Å². The third-order valence-electron chi connectivity index (χ3n) is 4.86. The van der Waals surface area contributed by atoms with E-state index in [2.05, 4.69) is 10.5 Å². The van der Waals surface area contributed by atoms with Gasteiger partial charge in [-0.05, 0) is 61.5 Å². The Kier molecular flexibility index (Phi) is 6.36. The highest BCUT2D eigenvalue weighted by atomic mass is 16.6. The molecule has 2 aromatic heterocycles. The van der Waals surface area contributed by atoms with Gasteiger partial charge < -0.3 is 18.5 Å². The molecule has 0 atom stereocenters. The second-order valence-corrected chi connectivity index (χ2v) is 6.98. The second kappa shape index (κ2) is 9.69. The average Bonchev–Trinajstić information content (AvgIpc) is 3.57. The first-order chi connectivity index (χ1) is 16.1. The Balaban J connectivity index is 1.50. The summed E-state index contributed by atoms with van der Waals surface area (Å²) in [5.41, 5.74) is 5.07. The number of nitrogens with one attached hydrogen (secondary N) is 1. The maximum absolute atomic E-state index is 12.8. The van der Waals surface area contributed by atoms with Gasteiger partial charge in [0.15, 0.2) is 11.5 Å². The van der Waals surface area contributed by atoms with Crippen molar-refractivity contribution in [1.82, 2.24) is 9.99 Å². The Morgan fingerprint density at radius 2 is 1.76 bits per heavy atom. The van der Waals surface area contributed by atoms with Gasteiger partial charge in [0.2, 0.25) is 5.76 Å². The van der Waals surface area contributed by atoms with Gasteiger partial charge in [-0.25, -0.2) is 10.2 Å². The summed E-state index contributed by atoms with van der Waals surface area (Å²) in [7, 11) is 1.47. The van der Waals surface area contributed by atoms with Gasteiger partial charge >= 0.3 is 5.97 Å². The van der Waals surface area contributed by atoms with E-state index in [0.717, 1.165) is 5.69 Å². The number of aromatic nitrogens is 1. The summed E-state index contributed by atoms with van der Waals surface area (Å²) in [5, 5.41) is 4.23. The van der Waals surface area contributed by atoms with Crippen LogP contribution in [0.1, 0.15) is 33.4 Å². The van der Waals surface area contributed by atoms with Crippen LogP contribution >= 0.6 is 0 Å². The van der Waals surface area contributed by atoms with E-state index in [1.165, 1.54) is 19.4 Å². The molecule has 4 aromatic rings. The highest BCUT2D eigenvalue weighted by Gasteiger charge is 2.16. The molecular formula is C25H21N3O5. The summed E-state index contributed by atoms with van der Waals surface area (Å²) in [5.74, 6) is -0.312. The van der Waals surface area contributed by atoms with Crippen LogP contribution < -0.4 is 14.9 Å². The maximum Gasteiger partial charge on any atom is 0.379 e. The molecular weight excluding hydrogens is 422 g/mol. The number of hydrogen-bond acceptors (Lipinski definition) is 6. The van der Waals surface area contributed by atoms with Crippen molar-refractivity contribution >= 4 is 17.6 Å². The largest absolute Gasteiger partial charge is 0.493 e. The average molecular weight is 443 g/mol. The summed E-state index contributed by atoms with van der Waals surface area (Å²) in [6.45, 7) is 1.75. The summed E-state index contributed by atoms with van der Waals surface area (Å²) >= 11 is 0. The predicted octanol–water partition coefficient (Wildman–Crippen LogP) is 4.45. The number of methoxy groups -OCH3 is 1. The highest BCUT2D eigenvalue weighted by molar-refractivity contribution is 6.02. The maximum atomic E-state index is 12.8. The fourth-order valence-corrected chi connectivity index (χ4v) is 3.17. The lowest BCUT2D eigenvalue weighted by Crippen LogP contribution is -2.21. The van der Waals surface area contributed by atoms with Gasteiger partial charge in [0, 0.05) is 18.0 Å². The van der Waals surface area contributed by atoms with Crippen LogP contribution in [0.15, 0.2) is 94.9 Å². The number of furan rings is 1. The van der Waals surface area contributed by atoms with Crippen molar-refractivity contribution in [2.24, 2.45) is 5.10 Å². The first kappa shape index (κ1) is 21.6. The Morgan fingerprint density at radius 3 is 2.48 bits per heavy atom. The van der Waals surface area contributed by atoms with E-state index >= 15 is 0 Å². The Hall–Kier alpha value is -4.59. The molecule has 0 saturated heterocycles. The topological polar surface area (TPSA) is 95.1 Å². The Morgan fingerprint density at radius 1 is 0.970 bits per heavy atom. The van der Waals surface area contributed by atoms with Crippen LogP contribution in [0.25, 0.3) is 5.69 Å². The molecule has 0 aliphatic rings. The summed E-state index contributed by atoms with van der Waals surface area (Å²) in [6.07, 6.45) is 5.13. The van der Waals surface area contributed by atoms with Crippen LogP contribution in [0.2, 0.25) is 0 Å². The van der Waals surface area contributed by atoms with E-state index in [1.807, 2.05) is 41.2 Å². The molecule has 4 rings (SSSR count). The van der Waals surface area contributed by atoms with Gasteiger partial charge in [0.1, 0.15) is 0 Å². The molecule has 0 spiro atoms. The number of ether oxygens (including phenoxy) is 2. The van der Waals surface area contributed by atoms with Gasteiger partial charge in [-0.1, -0.05) is 12.1 Å². The molecule has 0 saturated carbocycles. The lowest BCUT2D eigenvalue weighted by molar-refractivity contribution is 0.0696. The van der Waals surface area contributed by atoms with Gasteiger partial charge in [-0.2, -0.15) is 5.10 Å². The molecule has 8 heteroatoms. The highest BCUT2D eigenvalue weighted by Crippen LogP contribution is 2.29. The summed E-state index contributed by atoms with van der Waals surface area (Å²) in [4.78, 5) is 24.9. The van der Waals surface area contributed by atoms with Crippen LogP contribution in [0.5, 0.6) is 11.5 Å². The predicted molar refractivity (Wildman–Crippen MR) is 122 cm³/mol. The smallest absolute Gasteiger partial charge is 0.379 e. The van der Waals surface area contributed by atoms with Crippen molar-refractivity contribution in [3.05, 3.63) is 102 Å². The van der Waals surface area contributed by atoms with Crippen molar-refractivity contribution in [2.45, 2.75) is 6.92 Å². The van der Waals surface area contributed by atoms with E-state index in [-0.39, 0.29) is 17.4 Å². The lowest BCUT2D eigenvalue weighted by atomic mass is 10.1. The molecule has 0 aliphatic carbocycles. The van der Waals surface area contributed by atoms with Gasteiger partial charge in [-0.15, -0.1) is 0 Å². The van der Waals surface area contributed by atoms with Crippen molar-refractivity contribution in [3.63, 3.8) is 0 Å². The Labute approximate surface area is 190 Å². The summed E-state index contributed by atoms with van der Waals surface area (Å²) in [6, 6.07) is 19.1. The lowest BCUT2D eigenvalue weighted by Gasteiger charge is -2.11. The number of carbonyl (C=O) groups is 2. The van der Waals surface area contributed by atoms with Gasteiger partial charge in [0.05, 0.1) is 30.3 Å². The molecule has 1 amide bonds. The zero-order valence-corrected chi connectivity index (χ0v) is 18.0. The molecule has 2 heterocycles. The van der Waals surface area contributed by atoms with Crippen molar-refractivity contribution in [1.29, 1.82) is 0 Å². The van der Waals surface area contributed by atoms with E-state index in [0.29, 0.717) is 22.6 Å². The quantitative estimate of drug-likeness (QED) is 0.197. The number of nitrogens with zero attached hydrogens (tertiary/aromatic N) is 2. The number of carbonyl (C=O) groups excluding carboxylic acids is 2. The second-order valence-electron chi connectivity index (χ2n) is 6.98. The third kappa shape index (κ3) is 4.85. The fourth-order valence-electron chi connectivity index (χ4n) is 3.17. The zero-order chi connectivity index (χ0) is 23.2. The van der Waals surface area contributed by atoms with E-state index < -0.39 is 5.97 Å². The van der Waals surface area contributed by atoms with Gasteiger partial charge in [-0.3, -0.25) is 4.79 Å². The van der Waals surface area contributed by atoms with Crippen LogP contribution in [-0.4, -0.2) is 29.3 Å². The molecule has 33 heavy (non-hydrogen) atoms. The third-order valence-corrected chi connectivity index (χ3v) is 4.86. The number of para-hydroxylation sites is 1. The monoisotopic (exact) mass is 443 g/mol. The molecule has 0 radical (unpaired) electrons. The number of esters is 1. The number of benzene rings is 2. The minimum Gasteiger partial charge on any atom is -0.493 e. The van der Waals surface area contributed by atoms with E-state index in [4.69, 9.17) is 13.9 Å². The molecule has 0 fully saturated rings. The minimum atomic E-state index is -0.634. The molecule has 166 valence electrons. The zero-order valence-electron chi connectivity index (χ0n) is 18.0. The van der Waals surface area contributed by atoms with Crippen molar-refractivity contribution in [2.75, 3.05) is 7.11 Å². The van der Waals surface area contributed by atoms with Crippen LogP contribution in [0.4, 0.5) is 0 Å². The summed E-state index contributed by atoms with van der Waals surface area (Å²) < 4.78 is 17.6. The number of amides is 1. The molecule has 0 bridgehead atoms. The normalized spacial score (nSPS) is 11.2. The standard InChI is InChI=1S/C25H21N3O5/c1-17(26-27-24(29)19-8-3-4-9-20(19)28-13-5-6-14-28)18-11-12-21(23(16-18)31-2)33-25(30)22-10-7-15-32-22/h3-16H,1-2H3,(H,27,29)/b26-17+. The van der Waals surface area contributed by atoms with Gasteiger partial charge in [0.25, 0.3) is 5.91 Å². The molecule has 8 nitrogen and oxygen atoms in total. The molecule has 1 N–H and O–H groups in total. The van der Waals surface area contributed by atoms with Crippen LogP contribution in [0, 0.1) is 0 Å². The first-order valence-electron chi connectivity index (χ1n) is 10.1. The molecule has 0 aliphatic heterocycles. The van der Waals surface area contributed by atoms with Crippen molar-refractivity contribution < 1.29 is 23.5 Å². The SMILES string of the molecule is COc1cc(/C(C)=N/NC(=O)c2ccccc2-n2cccc2)ccc1OC(=O)c1ccco1. The van der Waals surface area contributed by atoms with E-state index in [9.17, 15) is 9.59 Å². The van der Waals surface area contributed by atoms with Crippen LogP contribution in [-0.2, 0) is 0 Å². The Bertz CT molecular complexity index is 1290. The number of hydrogen-bond donors (Lipinski definition) is 1. The minimum absolute atomic E-state index is 0.0850. The number of hydrazone groups is 1. The fraction of sp³-hybridized carbons (Fsp3) is 0.0800. The molecule has 2 aromatic carbocycles. The number of rotatable bonds is 7. The molecule has 0 unspecified atom stereocenters.